The van der Waals surface area contributed by atoms with Crippen molar-refractivity contribution >= 4 is 34.2 Å². The standard InChI is InChI=1S/C18H19N5O2/c1-10(2)17(24)20-13-6-4-12(5-7-13)18(25)21-14-8-15-11(3)22-23-16(15)19-9-14/h4-10H,1-3H3,(H,20,24)(H,21,25)(H,19,22,23). The fourth-order valence-corrected chi connectivity index (χ4v) is 2.28. The van der Waals surface area contributed by atoms with Crippen molar-refractivity contribution in [3.63, 3.8) is 0 Å². The number of hydrogen-bond acceptors (Lipinski definition) is 4. The van der Waals surface area contributed by atoms with Crippen LogP contribution in [0, 0.1) is 12.8 Å². The van der Waals surface area contributed by atoms with Crippen molar-refractivity contribution in [3.8, 4) is 0 Å². The minimum Gasteiger partial charge on any atom is -0.326 e. The van der Waals surface area contributed by atoms with Crippen LogP contribution in [0.4, 0.5) is 11.4 Å². The molecule has 3 rings (SSSR count). The zero-order chi connectivity index (χ0) is 18.0. The number of H-pyrrole nitrogens is 1. The highest BCUT2D eigenvalue weighted by Crippen LogP contribution is 2.18. The number of hydrogen-bond donors (Lipinski definition) is 3. The molecule has 0 aliphatic carbocycles. The highest BCUT2D eigenvalue weighted by atomic mass is 16.2. The molecular weight excluding hydrogens is 318 g/mol. The number of pyridine rings is 1. The summed E-state index contributed by atoms with van der Waals surface area (Å²) >= 11 is 0. The summed E-state index contributed by atoms with van der Waals surface area (Å²) in [6.45, 7) is 5.54. The van der Waals surface area contributed by atoms with E-state index in [9.17, 15) is 9.59 Å². The molecule has 0 saturated carbocycles. The van der Waals surface area contributed by atoms with Gasteiger partial charge in [-0.15, -0.1) is 0 Å². The summed E-state index contributed by atoms with van der Waals surface area (Å²) in [6.07, 6.45) is 1.57. The van der Waals surface area contributed by atoms with Gasteiger partial charge in [-0.2, -0.15) is 5.10 Å². The molecule has 2 aromatic heterocycles. The van der Waals surface area contributed by atoms with Gasteiger partial charge in [-0.05, 0) is 37.3 Å². The molecule has 7 nitrogen and oxygen atoms in total. The predicted octanol–water partition coefficient (Wildman–Crippen LogP) is 3.11. The SMILES string of the molecule is Cc1[nH]nc2ncc(NC(=O)c3ccc(NC(=O)C(C)C)cc3)cc12. The molecule has 0 aliphatic rings. The van der Waals surface area contributed by atoms with Crippen LogP contribution >= 0.6 is 0 Å². The summed E-state index contributed by atoms with van der Waals surface area (Å²) in [4.78, 5) is 28.3. The van der Waals surface area contributed by atoms with E-state index in [1.165, 1.54) is 0 Å². The molecule has 0 fully saturated rings. The van der Waals surface area contributed by atoms with Crippen molar-refractivity contribution in [2.45, 2.75) is 20.8 Å². The van der Waals surface area contributed by atoms with Gasteiger partial charge in [-0.25, -0.2) is 4.98 Å². The van der Waals surface area contributed by atoms with E-state index in [-0.39, 0.29) is 17.7 Å². The summed E-state index contributed by atoms with van der Waals surface area (Å²) < 4.78 is 0. The predicted molar refractivity (Wildman–Crippen MR) is 96.5 cm³/mol. The van der Waals surface area contributed by atoms with Crippen LogP contribution in [-0.2, 0) is 4.79 Å². The van der Waals surface area contributed by atoms with Crippen molar-refractivity contribution in [1.29, 1.82) is 0 Å². The van der Waals surface area contributed by atoms with Gasteiger partial charge < -0.3 is 10.6 Å². The minimum absolute atomic E-state index is 0.0629. The van der Waals surface area contributed by atoms with Crippen molar-refractivity contribution in [2.24, 2.45) is 5.92 Å². The van der Waals surface area contributed by atoms with Crippen LogP contribution in [0.3, 0.4) is 0 Å². The second kappa shape index (κ2) is 6.72. The van der Waals surface area contributed by atoms with Gasteiger partial charge >= 0.3 is 0 Å². The molecule has 0 bridgehead atoms. The molecule has 0 aliphatic heterocycles. The Hall–Kier alpha value is -3.22. The maximum Gasteiger partial charge on any atom is 0.255 e. The first kappa shape index (κ1) is 16.6. The Morgan fingerprint density at radius 2 is 1.80 bits per heavy atom. The van der Waals surface area contributed by atoms with E-state index in [2.05, 4.69) is 25.8 Å². The molecule has 2 amide bonds. The number of anilines is 2. The molecule has 0 unspecified atom stereocenters. The molecule has 0 saturated heterocycles. The number of nitrogens with one attached hydrogen (secondary N) is 3. The molecule has 0 atom stereocenters. The summed E-state index contributed by atoms with van der Waals surface area (Å²) in [5.41, 5.74) is 3.25. The topological polar surface area (TPSA) is 99.8 Å². The second-order valence-corrected chi connectivity index (χ2v) is 6.12. The monoisotopic (exact) mass is 337 g/mol. The number of carbonyl (C=O) groups excluding carboxylic acids is 2. The first-order chi connectivity index (χ1) is 11.9. The number of aromatic nitrogens is 3. The number of aromatic amines is 1. The first-order valence-electron chi connectivity index (χ1n) is 7.97. The third-order valence-electron chi connectivity index (χ3n) is 3.80. The average molecular weight is 337 g/mol. The van der Waals surface area contributed by atoms with E-state index in [1.807, 2.05) is 26.8 Å². The number of rotatable bonds is 4. The molecule has 7 heteroatoms. The zero-order valence-corrected chi connectivity index (χ0v) is 14.3. The number of nitrogens with zero attached hydrogens (tertiary/aromatic N) is 2. The lowest BCUT2D eigenvalue weighted by molar-refractivity contribution is -0.118. The van der Waals surface area contributed by atoms with Crippen molar-refractivity contribution < 1.29 is 9.59 Å². The van der Waals surface area contributed by atoms with Gasteiger partial charge in [0.05, 0.1) is 11.9 Å². The number of amides is 2. The smallest absolute Gasteiger partial charge is 0.255 e. The Bertz CT molecular complexity index is 928. The second-order valence-electron chi connectivity index (χ2n) is 6.12. The molecular formula is C18H19N5O2. The minimum atomic E-state index is -0.246. The van der Waals surface area contributed by atoms with E-state index in [1.54, 1.807) is 30.5 Å². The largest absolute Gasteiger partial charge is 0.326 e. The highest BCUT2D eigenvalue weighted by molar-refractivity contribution is 6.05. The van der Waals surface area contributed by atoms with Gasteiger partial charge in [0.25, 0.3) is 5.91 Å². The van der Waals surface area contributed by atoms with Crippen LogP contribution in [0.15, 0.2) is 36.5 Å². The maximum atomic E-state index is 12.4. The zero-order valence-electron chi connectivity index (χ0n) is 14.3. The normalized spacial score (nSPS) is 10.9. The molecule has 2 heterocycles. The average Bonchev–Trinajstić information content (AvgIpc) is 2.96. The summed E-state index contributed by atoms with van der Waals surface area (Å²) in [7, 11) is 0. The lowest BCUT2D eigenvalue weighted by atomic mass is 10.1. The fourth-order valence-electron chi connectivity index (χ4n) is 2.28. The van der Waals surface area contributed by atoms with Gasteiger partial charge in [0, 0.05) is 28.2 Å². The van der Waals surface area contributed by atoms with Crippen LogP contribution in [-0.4, -0.2) is 27.0 Å². The van der Waals surface area contributed by atoms with Crippen molar-refractivity contribution in [2.75, 3.05) is 10.6 Å². The Morgan fingerprint density at radius 1 is 1.08 bits per heavy atom. The van der Waals surface area contributed by atoms with Crippen molar-refractivity contribution in [3.05, 3.63) is 47.8 Å². The summed E-state index contributed by atoms with van der Waals surface area (Å²) in [5.74, 6) is -0.409. The van der Waals surface area contributed by atoms with E-state index in [0.29, 0.717) is 22.6 Å². The molecule has 128 valence electrons. The molecule has 3 aromatic rings. The Labute approximate surface area is 144 Å². The van der Waals surface area contributed by atoms with Crippen LogP contribution in [0.25, 0.3) is 11.0 Å². The fraction of sp³-hybridized carbons (Fsp3) is 0.222. The quantitative estimate of drug-likeness (QED) is 0.681. The van der Waals surface area contributed by atoms with E-state index >= 15 is 0 Å². The lowest BCUT2D eigenvalue weighted by Crippen LogP contribution is -2.18. The number of benzene rings is 1. The number of fused-ring (bicyclic) bond motifs is 1. The summed E-state index contributed by atoms with van der Waals surface area (Å²) in [5, 5.41) is 13.4. The highest BCUT2D eigenvalue weighted by Gasteiger charge is 2.10. The van der Waals surface area contributed by atoms with Gasteiger partial charge in [0.15, 0.2) is 5.65 Å². The summed E-state index contributed by atoms with van der Waals surface area (Å²) in [6, 6.07) is 8.57. The van der Waals surface area contributed by atoms with Crippen LogP contribution in [0.1, 0.15) is 29.9 Å². The van der Waals surface area contributed by atoms with Crippen LogP contribution in [0.2, 0.25) is 0 Å². The Balaban J connectivity index is 1.71. The molecule has 0 radical (unpaired) electrons. The van der Waals surface area contributed by atoms with E-state index in [4.69, 9.17) is 0 Å². The maximum absolute atomic E-state index is 12.4. The number of carbonyl (C=O) groups is 2. The number of aryl methyl sites for hydroxylation is 1. The molecule has 0 spiro atoms. The first-order valence-corrected chi connectivity index (χ1v) is 7.97. The van der Waals surface area contributed by atoms with E-state index in [0.717, 1.165) is 11.1 Å². The van der Waals surface area contributed by atoms with Gasteiger partial charge in [-0.3, -0.25) is 14.7 Å². The van der Waals surface area contributed by atoms with Gasteiger partial charge in [-0.1, -0.05) is 13.8 Å². The van der Waals surface area contributed by atoms with Crippen molar-refractivity contribution in [1.82, 2.24) is 15.2 Å². The van der Waals surface area contributed by atoms with Crippen LogP contribution < -0.4 is 10.6 Å². The Kier molecular flexibility index (Phi) is 4.47. The third kappa shape index (κ3) is 3.65. The molecule has 1 aromatic carbocycles. The van der Waals surface area contributed by atoms with Crippen LogP contribution in [0.5, 0.6) is 0 Å². The van der Waals surface area contributed by atoms with Gasteiger partial charge in [0.1, 0.15) is 0 Å². The Morgan fingerprint density at radius 3 is 2.48 bits per heavy atom. The third-order valence-corrected chi connectivity index (χ3v) is 3.80. The molecule has 3 N–H and O–H groups in total. The van der Waals surface area contributed by atoms with Gasteiger partial charge in [0.2, 0.25) is 5.91 Å². The molecule has 25 heavy (non-hydrogen) atoms. The van der Waals surface area contributed by atoms with E-state index < -0.39 is 0 Å². The lowest BCUT2D eigenvalue weighted by Gasteiger charge is -2.09.